The second-order valence-electron chi connectivity index (χ2n) is 3.85. The lowest BCUT2D eigenvalue weighted by Gasteiger charge is -2.07. The van der Waals surface area contributed by atoms with E-state index < -0.39 is 15.8 Å². The number of hydrogen-bond acceptors (Lipinski definition) is 2. The van der Waals surface area contributed by atoms with Crippen LogP contribution in [-0.4, -0.2) is 8.42 Å². The SMILES string of the molecule is O=S(=O)(Cc1ccccc1)Nc1ccc(F)cc1. The highest BCUT2D eigenvalue weighted by atomic mass is 32.2. The van der Waals surface area contributed by atoms with Crippen LogP contribution < -0.4 is 4.72 Å². The van der Waals surface area contributed by atoms with E-state index in [0.29, 0.717) is 11.3 Å². The summed E-state index contributed by atoms with van der Waals surface area (Å²) in [6, 6.07) is 14.1. The van der Waals surface area contributed by atoms with Gasteiger partial charge in [0.1, 0.15) is 5.82 Å². The molecule has 0 aliphatic rings. The third-order valence-corrected chi connectivity index (χ3v) is 3.58. The Labute approximate surface area is 105 Å². The number of benzene rings is 2. The zero-order valence-corrected chi connectivity index (χ0v) is 10.3. The summed E-state index contributed by atoms with van der Waals surface area (Å²) >= 11 is 0. The van der Waals surface area contributed by atoms with Gasteiger partial charge in [0, 0.05) is 5.69 Å². The third-order valence-electron chi connectivity index (χ3n) is 2.32. The molecule has 2 aromatic carbocycles. The molecule has 1 N–H and O–H groups in total. The van der Waals surface area contributed by atoms with Crippen molar-refractivity contribution in [3.63, 3.8) is 0 Å². The van der Waals surface area contributed by atoms with Gasteiger partial charge in [-0.05, 0) is 29.8 Å². The van der Waals surface area contributed by atoms with Crippen LogP contribution in [0, 0.1) is 5.82 Å². The first kappa shape index (κ1) is 12.6. The molecule has 0 amide bonds. The monoisotopic (exact) mass is 265 g/mol. The first-order valence-corrected chi connectivity index (χ1v) is 7.00. The van der Waals surface area contributed by atoms with Crippen molar-refractivity contribution < 1.29 is 12.8 Å². The molecule has 0 saturated carbocycles. The number of hydrogen-bond donors (Lipinski definition) is 1. The summed E-state index contributed by atoms with van der Waals surface area (Å²) in [6.45, 7) is 0. The molecule has 0 fully saturated rings. The molecule has 0 aliphatic carbocycles. The fraction of sp³-hybridized carbons (Fsp3) is 0.0769. The quantitative estimate of drug-likeness (QED) is 0.924. The minimum absolute atomic E-state index is 0.106. The number of sulfonamides is 1. The Balaban J connectivity index is 2.10. The van der Waals surface area contributed by atoms with Gasteiger partial charge in [-0.15, -0.1) is 0 Å². The van der Waals surface area contributed by atoms with Crippen molar-refractivity contribution in [1.82, 2.24) is 0 Å². The highest BCUT2D eigenvalue weighted by Gasteiger charge is 2.11. The zero-order chi connectivity index (χ0) is 13.0. The molecule has 2 rings (SSSR count). The van der Waals surface area contributed by atoms with Gasteiger partial charge in [0.25, 0.3) is 0 Å². The normalized spacial score (nSPS) is 11.2. The van der Waals surface area contributed by atoms with E-state index in [4.69, 9.17) is 0 Å². The molecule has 3 nitrogen and oxygen atoms in total. The maximum Gasteiger partial charge on any atom is 0.236 e. The van der Waals surface area contributed by atoms with Crippen LogP contribution in [0.25, 0.3) is 0 Å². The topological polar surface area (TPSA) is 46.2 Å². The van der Waals surface area contributed by atoms with Crippen LogP contribution in [0.4, 0.5) is 10.1 Å². The van der Waals surface area contributed by atoms with Gasteiger partial charge < -0.3 is 0 Å². The second-order valence-corrected chi connectivity index (χ2v) is 5.58. The summed E-state index contributed by atoms with van der Waals surface area (Å²) in [6.07, 6.45) is 0. The van der Waals surface area contributed by atoms with E-state index in [1.54, 1.807) is 24.3 Å². The largest absolute Gasteiger partial charge is 0.283 e. The number of halogens is 1. The van der Waals surface area contributed by atoms with Gasteiger partial charge in [0.05, 0.1) is 5.75 Å². The zero-order valence-electron chi connectivity index (χ0n) is 9.51. The van der Waals surface area contributed by atoms with Gasteiger partial charge in [-0.2, -0.15) is 0 Å². The van der Waals surface area contributed by atoms with E-state index in [1.165, 1.54) is 24.3 Å². The van der Waals surface area contributed by atoms with Gasteiger partial charge in [0.15, 0.2) is 0 Å². The Morgan fingerprint density at radius 1 is 0.944 bits per heavy atom. The predicted octanol–water partition coefficient (Wildman–Crippen LogP) is 2.77. The Morgan fingerprint density at radius 2 is 1.56 bits per heavy atom. The third kappa shape index (κ3) is 3.56. The average Bonchev–Trinajstić information content (AvgIpc) is 2.32. The second kappa shape index (κ2) is 5.18. The maximum atomic E-state index is 12.7. The molecule has 0 bridgehead atoms. The van der Waals surface area contributed by atoms with Crippen LogP contribution in [0.2, 0.25) is 0 Å². The molecule has 0 radical (unpaired) electrons. The molecule has 18 heavy (non-hydrogen) atoms. The van der Waals surface area contributed by atoms with E-state index in [-0.39, 0.29) is 5.75 Å². The maximum absolute atomic E-state index is 12.7. The van der Waals surface area contributed by atoms with Crippen molar-refractivity contribution in [2.75, 3.05) is 4.72 Å². The summed E-state index contributed by atoms with van der Waals surface area (Å²) in [5, 5.41) is 0. The Morgan fingerprint density at radius 3 is 2.17 bits per heavy atom. The number of rotatable bonds is 4. The first-order valence-electron chi connectivity index (χ1n) is 5.35. The Bertz CT molecular complexity index is 609. The Kier molecular flexibility index (Phi) is 3.62. The molecule has 0 saturated heterocycles. The lowest BCUT2D eigenvalue weighted by atomic mass is 10.2. The van der Waals surface area contributed by atoms with Crippen molar-refractivity contribution in [3.8, 4) is 0 Å². The summed E-state index contributed by atoms with van der Waals surface area (Å²) in [4.78, 5) is 0. The molecule has 0 aliphatic heterocycles. The molecule has 0 atom stereocenters. The minimum Gasteiger partial charge on any atom is -0.283 e. The van der Waals surface area contributed by atoms with E-state index in [0.717, 1.165) is 0 Å². The highest BCUT2D eigenvalue weighted by Crippen LogP contribution is 2.13. The van der Waals surface area contributed by atoms with Crippen molar-refractivity contribution in [2.45, 2.75) is 5.75 Å². The van der Waals surface area contributed by atoms with Crippen molar-refractivity contribution in [1.29, 1.82) is 0 Å². The fourth-order valence-electron chi connectivity index (χ4n) is 1.53. The van der Waals surface area contributed by atoms with Crippen molar-refractivity contribution in [2.24, 2.45) is 0 Å². The summed E-state index contributed by atoms with van der Waals surface area (Å²) in [5.74, 6) is -0.508. The van der Waals surface area contributed by atoms with Crippen molar-refractivity contribution in [3.05, 3.63) is 66.0 Å². The van der Waals surface area contributed by atoms with Gasteiger partial charge in [-0.25, -0.2) is 12.8 Å². The molecule has 2 aromatic rings. The Hall–Kier alpha value is -1.88. The van der Waals surface area contributed by atoms with Crippen LogP contribution >= 0.6 is 0 Å². The number of anilines is 1. The van der Waals surface area contributed by atoms with E-state index in [1.807, 2.05) is 6.07 Å². The molecule has 0 aromatic heterocycles. The first-order chi connectivity index (χ1) is 8.55. The highest BCUT2D eigenvalue weighted by molar-refractivity contribution is 7.91. The predicted molar refractivity (Wildman–Crippen MR) is 69.1 cm³/mol. The molecule has 0 heterocycles. The van der Waals surface area contributed by atoms with Crippen LogP contribution in [0.5, 0.6) is 0 Å². The van der Waals surface area contributed by atoms with Crippen LogP contribution in [0.1, 0.15) is 5.56 Å². The van der Waals surface area contributed by atoms with Gasteiger partial charge in [-0.3, -0.25) is 4.72 Å². The fourth-order valence-corrected chi connectivity index (χ4v) is 2.73. The van der Waals surface area contributed by atoms with Crippen molar-refractivity contribution >= 4 is 15.7 Å². The standard InChI is InChI=1S/C13H12FNO2S/c14-12-6-8-13(9-7-12)15-18(16,17)10-11-4-2-1-3-5-11/h1-9,15H,10H2. The summed E-state index contributed by atoms with van der Waals surface area (Å²) in [7, 11) is -3.47. The minimum atomic E-state index is -3.47. The number of nitrogens with one attached hydrogen (secondary N) is 1. The van der Waals surface area contributed by atoms with Crippen LogP contribution in [0.3, 0.4) is 0 Å². The van der Waals surface area contributed by atoms with E-state index in [2.05, 4.69) is 4.72 Å². The molecule has 5 heteroatoms. The molecular weight excluding hydrogens is 253 g/mol. The van der Waals surface area contributed by atoms with Crippen LogP contribution in [-0.2, 0) is 15.8 Å². The van der Waals surface area contributed by atoms with Gasteiger partial charge in [0.2, 0.25) is 10.0 Å². The summed E-state index contributed by atoms with van der Waals surface area (Å²) in [5.41, 5.74) is 1.06. The lowest BCUT2D eigenvalue weighted by molar-refractivity contribution is 0.600. The molecular formula is C13H12FNO2S. The smallest absolute Gasteiger partial charge is 0.236 e. The van der Waals surface area contributed by atoms with E-state index >= 15 is 0 Å². The molecule has 94 valence electrons. The van der Waals surface area contributed by atoms with E-state index in [9.17, 15) is 12.8 Å². The van der Waals surface area contributed by atoms with Gasteiger partial charge in [-0.1, -0.05) is 30.3 Å². The average molecular weight is 265 g/mol. The summed E-state index contributed by atoms with van der Waals surface area (Å²) < 4.78 is 38.8. The van der Waals surface area contributed by atoms with Crippen LogP contribution in [0.15, 0.2) is 54.6 Å². The van der Waals surface area contributed by atoms with Gasteiger partial charge >= 0.3 is 0 Å². The molecule has 0 unspecified atom stereocenters. The molecule has 0 spiro atoms. The lowest BCUT2D eigenvalue weighted by Crippen LogP contribution is -2.14.